The topological polar surface area (TPSA) is 98.2 Å². The van der Waals surface area contributed by atoms with Crippen LogP contribution in [0.4, 0.5) is 0 Å². The molecule has 0 amide bonds. The summed E-state index contributed by atoms with van der Waals surface area (Å²) in [5, 5.41) is 12.9. The normalized spacial score (nSPS) is 10.8. The van der Waals surface area contributed by atoms with Crippen molar-refractivity contribution in [1.82, 2.24) is 14.7 Å². The molecule has 0 aliphatic rings. The van der Waals surface area contributed by atoms with Gasteiger partial charge < -0.3 is 14.2 Å². The molecule has 0 aromatic carbocycles. The van der Waals surface area contributed by atoms with Gasteiger partial charge in [-0.25, -0.2) is 4.79 Å². The zero-order valence-corrected chi connectivity index (χ0v) is 11.5. The number of aromatic carboxylic acids is 1. The van der Waals surface area contributed by atoms with Gasteiger partial charge in [-0.15, -0.1) is 0 Å². The number of rotatable bonds is 4. The minimum absolute atomic E-state index is 0.159. The maximum absolute atomic E-state index is 12.0. The summed E-state index contributed by atoms with van der Waals surface area (Å²) >= 11 is 0. The number of aromatic nitrogens is 3. The van der Waals surface area contributed by atoms with Crippen LogP contribution in [-0.4, -0.2) is 25.8 Å². The fourth-order valence-electron chi connectivity index (χ4n) is 2.17. The van der Waals surface area contributed by atoms with Crippen molar-refractivity contribution in [1.29, 1.82) is 0 Å². The Morgan fingerprint density at radius 2 is 2.10 bits per heavy atom. The lowest BCUT2D eigenvalue weighted by Crippen LogP contribution is -2.26. The van der Waals surface area contributed by atoms with Crippen LogP contribution < -0.4 is 5.56 Å². The van der Waals surface area contributed by atoms with Gasteiger partial charge in [0.25, 0.3) is 5.56 Å². The van der Waals surface area contributed by atoms with Crippen molar-refractivity contribution in [2.45, 2.75) is 33.7 Å². The Labute approximate surface area is 114 Å². The number of carboxylic acid groups (broad SMARTS) is 1. The summed E-state index contributed by atoms with van der Waals surface area (Å²) in [5.74, 6) is -0.0900. The molecule has 7 nitrogen and oxygen atoms in total. The summed E-state index contributed by atoms with van der Waals surface area (Å²) in [7, 11) is 0. The van der Waals surface area contributed by atoms with Crippen LogP contribution in [0.1, 0.15) is 33.3 Å². The third-order valence-electron chi connectivity index (χ3n) is 3.10. The highest BCUT2D eigenvalue weighted by Crippen LogP contribution is 2.12. The molecule has 2 rings (SSSR count). The molecule has 0 bridgehead atoms. The number of hydrogen-bond donors (Lipinski definition) is 1. The predicted molar refractivity (Wildman–Crippen MR) is 69.9 cm³/mol. The van der Waals surface area contributed by atoms with E-state index in [2.05, 4.69) is 10.1 Å². The third-order valence-corrected chi connectivity index (χ3v) is 3.10. The Hall–Kier alpha value is -2.44. The highest BCUT2D eigenvalue weighted by Gasteiger charge is 2.16. The molecule has 106 valence electrons. The molecule has 0 spiro atoms. The molecule has 0 radical (unpaired) electrons. The lowest BCUT2D eigenvalue weighted by molar-refractivity contribution is 0.0694. The van der Waals surface area contributed by atoms with Gasteiger partial charge in [-0.1, -0.05) is 5.16 Å². The number of aryl methyl sites for hydroxylation is 3. The fraction of sp³-hybridized carbons (Fsp3) is 0.385. The molecule has 0 saturated carbocycles. The molecular weight excluding hydrogens is 262 g/mol. The van der Waals surface area contributed by atoms with Crippen LogP contribution in [0.3, 0.4) is 0 Å². The number of carbonyl (C=O) groups is 1. The van der Waals surface area contributed by atoms with Crippen LogP contribution >= 0.6 is 0 Å². The second-order valence-electron chi connectivity index (χ2n) is 4.57. The van der Waals surface area contributed by atoms with Gasteiger partial charge in [0.2, 0.25) is 5.89 Å². The van der Waals surface area contributed by atoms with Crippen LogP contribution in [0.25, 0.3) is 0 Å². The second kappa shape index (κ2) is 5.28. The Balaban J connectivity index is 2.34. The SMILES string of the molecule is Cc1noc(CCn2c(C)c(C(=O)O)c(C)cc2=O)n1. The molecule has 0 aliphatic heterocycles. The van der Waals surface area contributed by atoms with E-state index in [-0.39, 0.29) is 11.1 Å². The van der Waals surface area contributed by atoms with Crippen LogP contribution in [0, 0.1) is 20.8 Å². The van der Waals surface area contributed by atoms with E-state index in [4.69, 9.17) is 4.52 Å². The van der Waals surface area contributed by atoms with E-state index in [1.807, 2.05) is 0 Å². The van der Waals surface area contributed by atoms with Gasteiger partial charge in [-0.05, 0) is 26.3 Å². The molecule has 0 atom stereocenters. The molecule has 2 aromatic rings. The van der Waals surface area contributed by atoms with Crippen molar-refractivity contribution in [2.24, 2.45) is 0 Å². The molecular formula is C13H15N3O4. The Morgan fingerprint density at radius 1 is 1.40 bits per heavy atom. The Bertz CT molecular complexity index is 715. The van der Waals surface area contributed by atoms with Gasteiger partial charge in [0.05, 0.1) is 5.56 Å². The van der Waals surface area contributed by atoms with E-state index in [1.54, 1.807) is 20.8 Å². The van der Waals surface area contributed by atoms with Gasteiger partial charge >= 0.3 is 5.97 Å². The van der Waals surface area contributed by atoms with Gasteiger partial charge in [0, 0.05) is 24.7 Å². The third kappa shape index (κ3) is 2.61. The molecule has 0 fully saturated rings. The first-order valence-electron chi connectivity index (χ1n) is 6.13. The Morgan fingerprint density at radius 3 is 2.65 bits per heavy atom. The van der Waals surface area contributed by atoms with Gasteiger partial charge in [-0.2, -0.15) is 4.98 Å². The average molecular weight is 277 g/mol. The fourth-order valence-corrected chi connectivity index (χ4v) is 2.17. The molecule has 0 unspecified atom stereocenters. The van der Waals surface area contributed by atoms with Crippen LogP contribution in [0.5, 0.6) is 0 Å². The zero-order valence-electron chi connectivity index (χ0n) is 11.5. The molecule has 7 heteroatoms. The van der Waals surface area contributed by atoms with Crippen molar-refractivity contribution < 1.29 is 14.4 Å². The van der Waals surface area contributed by atoms with Crippen LogP contribution in [0.2, 0.25) is 0 Å². The van der Waals surface area contributed by atoms with Crippen molar-refractivity contribution in [2.75, 3.05) is 0 Å². The van der Waals surface area contributed by atoms with Gasteiger partial charge in [0.15, 0.2) is 5.82 Å². The lowest BCUT2D eigenvalue weighted by atomic mass is 10.1. The van der Waals surface area contributed by atoms with Crippen LogP contribution in [-0.2, 0) is 13.0 Å². The van der Waals surface area contributed by atoms with Crippen molar-refractivity contribution in [3.05, 3.63) is 45.0 Å². The predicted octanol–water partition coefficient (Wildman–Crippen LogP) is 1.10. The maximum atomic E-state index is 12.0. The summed E-state index contributed by atoms with van der Waals surface area (Å²) in [6.45, 7) is 5.24. The quantitative estimate of drug-likeness (QED) is 0.898. The first-order valence-corrected chi connectivity index (χ1v) is 6.13. The Kier molecular flexibility index (Phi) is 3.69. The minimum atomic E-state index is -1.04. The summed E-state index contributed by atoms with van der Waals surface area (Å²) in [5.41, 5.74) is 0.816. The molecule has 1 N–H and O–H groups in total. The van der Waals surface area contributed by atoms with E-state index in [9.17, 15) is 14.7 Å². The molecule has 0 aliphatic carbocycles. The van der Waals surface area contributed by atoms with Crippen molar-refractivity contribution in [3.63, 3.8) is 0 Å². The summed E-state index contributed by atoms with van der Waals surface area (Å²) in [6, 6.07) is 1.33. The molecule has 2 heterocycles. The highest BCUT2D eigenvalue weighted by atomic mass is 16.5. The minimum Gasteiger partial charge on any atom is -0.478 e. The second-order valence-corrected chi connectivity index (χ2v) is 4.57. The molecule has 0 saturated heterocycles. The standard InChI is InChI=1S/C13H15N3O4/c1-7-6-11(17)16(8(2)12(7)13(18)19)5-4-10-14-9(3)15-20-10/h6H,4-5H2,1-3H3,(H,18,19). The first kappa shape index (κ1) is 14.0. The summed E-state index contributed by atoms with van der Waals surface area (Å²) < 4.78 is 6.39. The maximum Gasteiger partial charge on any atom is 0.337 e. The zero-order chi connectivity index (χ0) is 14.9. The summed E-state index contributed by atoms with van der Waals surface area (Å²) in [4.78, 5) is 27.2. The monoisotopic (exact) mass is 277 g/mol. The van der Waals surface area contributed by atoms with Crippen molar-refractivity contribution in [3.8, 4) is 0 Å². The van der Waals surface area contributed by atoms with Gasteiger partial charge in [-0.3, -0.25) is 4.79 Å². The smallest absolute Gasteiger partial charge is 0.337 e. The summed E-state index contributed by atoms with van der Waals surface area (Å²) in [6.07, 6.45) is 0.379. The number of carboxylic acids is 1. The van der Waals surface area contributed by atoms with E-state index in [0.717, 1.165) is 0 Å². The van der Waals surface area contributed by atoms with Crippen molar-refractivity contribution >= 4 is 5.97 Å². The van der Waals surface area contributed by atoms with Crippen LogP contribution in [0.15, 0.2) is 15.4 Å². The number of pyridine rings is 1. The molecule has 2 aromatic heterocycles. The van der Waals surface area contributed by atoms with E-state index in [0.29, 0.717) is 35.9 Å². The first-order chi connectivity index (χ1) is 9.40. The van der Waals surface area contributed by atoms with E-state index >= 15 is 0 Å². The lowest BCUT2D eigenvalue weighted by Gasteiger charge is -2.13. The van der Waals surface area contributed by atoms with Gasteiger partial charge in [0.1, 0.15) is 0 Å². The van der Waals surface area contributed by atoms with E-state index < -0.39 is 5.97 Å². The number of hydrogen-bond acceptors (Lipinski definition) is 5. The number of nitrogens with zero attached hydrogens (tertiary/aromatic N) is 3. The largest absolute Gasteiger partial charge is 0.478 e. The van der Waals surface area contributed by atoms with E-state index in [1.165, 1.54) is 10.6 Å². The molecule has 20 heavy (non-hydrogen) atoms. The highest BCUT2D eigenvalue weighted by molar-refractivity contribution is 5.90. The average Bonchev–Trinajstić information content (AvgIpc) is 2.73.